The molecule has 0 aromatic heterocycles. The van der Waals surface area contributed by atoms with Gasteiger partial charge in [0.05, 0.1) is 11.1 Å². The van der Waals surface area contributed by atoms with Crippen LogP contribution in [-0.4, -0.2) is 42.8 Å². The lowest BCUT2D eigenvalue weighted by atomic mass is 9.96. The number of fused-ring (bicyclic) bond motifs is 1. The van der Waals surface area contributed by atoms with Crippen molar-refractivity contribution in [3.8, 4) is 0 Å². The van der Waals surface area contributed by atoms with Crippen LogP contribution < -0.4 is 10.6 Å². The molecule has 0 spiro atoms. The predicted molar refractivity (Wildman–Crippen MR) is 80.3 cm³/mol. The average molecular weight is 301 g/mol. The van der Waals surface area contributed by atoms with E-state index in [0.717, 1.165) is 18.5 Å². The van der Waals surface area contributed by atoms with Gasteiger partial charge < -0.3 is 15.5 Å². The van der Waals surface area contributed by atoms with Crippen LogP contribution in [0, 0.1) is 5.92 Å². The Morgan fingerprint density at radius 2 is 2.23 bits per heavy atom. The van der Waals surface area contributed by atoms with Gasteiger partial charge in [0.1, 0.15) is 0 Å². The number of nitrogens with zero attached hydrogens (tertiary/aromatic N) is 1. The van der Waals surface area contributed by atoms with Crippen LogP contribution in [0.2, 0.25) is 0 Å². The van der Waals surface area contributed by atoms with Crippen molar-refractivity contribution in [2.24, 2.45) is 5.92 Å². The molecule has 1 saturated heterocycles. The molecule has 1 fully saturated rings. The zero-order valence-corrected chi connectivity index (χ0v) is 12.5. The lowest BCUT2D eigenvalue weighted by molar-refractivity contribution is -0.133. The molecule has 1 unspecified atom stereocenters. The number of likely N-dealkylation sites (tertiary alicyclic amines) is 1. The quantitative estimate of drug-likeness (QED) is 0.855. The highest BCUT2D eigenvalue weighted by Crippen LogP contribution is 2.20. The molecule has 2 aliphatic rings. The van der Waals surface area contributed by atoms with Gasteiger partial charge in [0.25, 0.3) is 11.8 Å². The molecule has 0 saturated carbocycles. The van der Waals surface area contributed by atoms with Gasteiger partial charge >= 0.3 is 0 Å². The first-order valence-electron chi connectivity index (χ1n) is 7.48. The second-order valence-corrected chi connectivity index (χ2v) is 5.91. The van der Waals surface area contributed by atoms with Crippen molar-refractivity contribution in [1.29, 1.82) is 0 Å². The number of hydrogen-bond acceptors (Lipinski definition) is 3. The summed E-state index contributed by atoms with van der Waals surface area (Å²) in [5.41, 5.74) is 1.73. The number of carbonyl (C=O) groups excluding carboxylic acids is 3. The van der Waals surface area contributed by atoms with E-state index in [1.807, 2.05) is 6.07 Å². The largest absolute Gasteiger partial charge is 0.352 e. The van der Waals surface area contributed by atoms with Gasteiger partial charge in [0.2, 0.25) is 5.91 Å². The standard InChI is InChI=1S/C16H19N3O3/c1-19-6-5-10(7-13(19)20)8-17-15(21)12-4-2-3-11-9-18-16(22)14(11)12/h2-4,10H,5-9H2,1H3,(H,17,21)(H,18,22). The Balaban J connectivity index is 1.65. The Labute approximate surface area is 128 Å². The van der Waals surface area contributed by atoms with E-state index in [-0.39, 0.29) is 23.6 Å². The van der Waals surface area contributed by atoms with Gasteiger partial charge in [-0.05, 0) is 24.0 Å². The van der Waals surface area contributed by atoms with Crippen LogP contribution in [0.5, 0.6) is 0 Å². The van der Waals surface area contributed by atoms with Crippen LogP contribution in [0.1, 0.15) is 39.1 Å². The van der Waals surface area contributed by atoms with Gasteiger partial charge in [-0.3, -0.25) is 14.4 Å². The fourth-order valence-corrected chi connectivity index (χ4v) is 2.98. The topological polar surface area (TPSA) is 78.5 Å². The maximum Gasteiger partial charge on any atom is 0.252 e. The third kappa shape index (κ3) is 2.68. The summed E-state index contributed by atoms with van der Waals surface area (Å²) in [6.07, 6.45) is 1.35. The van der Waals surface area contributed by atoms with E-state index >= 15 is 0 Å². The summed E-state index contributed by atoms with van der Waals surface area (Å²) in [5, 5.41) is 5.59. The second-order valence-electron chi connectivity index (χ2n) is 5.91. The summed E-state index contributed by atoms with van der Waals surface area (Å²) in [6.45, 7) is 1.66. The number of nitrogens with one attached hydrogen (secondary N) is 2. The van der Waals surface area contributed by atoms with E-state index in [1.165, 1.54) is 0 Å². The average Bonchev–Trinajstić information content (AvgIpc) is 2.90. The number of rotatable bonds is 3. The van der Waals surface area contributed by atoms with Gasteiger partial charge in [-0.15, -0.1) is 0 Å². The minimum absolute atomic E-state index is 0.116. The summed E-state index contributed by atoms with van der Waals surface area (Å²) in [4.78, 5) is 37.6. The van der Waals surface area contributed by atoms with E-state index in [4.69, 9.17) is 0 Å². The van der Waals surface area contributed by atoms with E-state index in [2.05, 4.69) is 10.6 Å². The third-order valence-corrected chi connectivity index (χ3v) is 4.37. The fourth-order valence-electron chi connectivity index (χ4n) is 2.98. The summed E-state index contributed by atoms with van der Waals surface area (Å²) in [5.74, 6) is -0.167. The van der Waals surface area contributed by atoms with Crippen LogP contribution in [0.15, 0.2) is 18.2 Å². The van der Waals surface area contributed by atoms with Crippen LogP contribution in [-0.2, 0) is 11.3 Å². The van der Waals surface area contributed by atoms with Crippen molar-refractivity contribution in [2.75, 3.05) is 20.1 Å². The van der Waals surface area contributed by atoms with Gasteiger partial charge in [-0.1, -0.05) is 12.1 Å². The molecule has 3 rings (SSSR count). The second kappa shape index (κ2) is 5.79. The van der Waals surface area contributed by atoms with E-state index in [0.29, 0.717) is 30.6 Å². The Hall–Kier alpha value is -2.37. The molecule has 0 aliphatic carbocycles. The summed E-state index contributed by atoms with van der Waals surface area (Å²) in [7, 11) is 1.79. The molecular weight excluding hydrogens is 282 g/mol. The first-order valence-corrected chi connectivity index (χ1v) is 7.48. The number of hydrogen-bond donors (Lipinski definition) is 2. The van der Waals surface area contributed by atoms with Crippen molar-refractivity contribution in [3.63, 3.8) is 0 Å². The summed E-state index contributed by atoms with van der Waals surface area (Å²) in [6, 6.07) is 5.30. The van der Waals surface area contributed by atoms with E-state index < -0.39 is 0 Å². The molecule has 2 heterocycles. The maximum atomic E-state index is 12.4. The Bertz CT molecular complexity index is 642. The summed E-state index contributed by atoms with van der Waals surface area (Å²) < 4.78 is 0. The number of amides is 3. The zero-order valence-electron chi connectivity index (χ0n) is 12.5. The van der Waals surface area contributed by atoms with E-state index in [1.54, 1.807) is 24.1 Å². The molecule has 1 atom stereocenters. The fraction of sp³-hybridized carbons (Fsp3) is 0.438. The first-order chi connectivity index (χ1) is 10.6. The molecular formula is C16H19N3O3. The third-order valence-electron chi connectivity index (χ3n) is 4.37. The zero-order chi connectivity index (χ0) is 15.7. The van der Waals surface area contributed by atoms with Crippen LogP contribution >= 0.6 is 0 Å². The monoisotopic (exact) mass is 301 g/mol. The molecule has 1 aromatic carbocycles. The maximum absolute atomic E-state index is 12.4. The van der Waals surface area contributed by atoms with Gasteiger partial charge in [0, 0.05) is 33.1 Å². The van der Waals surface area contributed by atoms with Crippen molar-refractivity contribution >= 4 is 17.7 Å². The number of piperidine rings is 1. The normalized spacial score (nSPS) is 20.6. The first kappa shape index (κ1) is 14.6. The molecule has 2 N–H and O–H groups in total. The minimum Gasteiger partial charge on any atom is -0.352 e. The molecule has 3 amide bonds. The molecule has 6 nitrogen and oxygen atoms in total. The minimum atomic E-state index is -0.250. The molecule has 1 aromatic rings. The highest BCUT2D eigenvalue weighted by Gasteiger charge is 2.27. The smallest absolute Gasteiger partial charge is 0.252 e. The Morgan fingerprint density at radius 1 is 1.41 bits per heavy atom. The lowest BCUT2D eigenvalue weighted by Gasteiger charge is -2.28. The molecule has 0 bridgehead atoms. The molecule has 2 aliphatic heterocycles. The molecule has 116 valence electrons. The van der Waals surface area contributed by atoms with E-state index in [9.17, 15) is 14.4 Å². The number of carbonyl (C=O) groups is 3. The lowest BCUT2D eigenvalue weighted by Crippen LogP contribution is -2.40. The molecule has 0 radical (unpaired) electrons. The van der Waals surface area contributed by atoms with Crippen molar-refractivity contribution in [2.45, 2.75) is 19.4 Å². The van der Waals surface area contributed by atoms with Gasteiger partial charge in [0.15, 0.2) is 0 Å². The van der Waals surface area contributed by atoms with Crippen LogP contribution in [0.4, 0.5) is 0 Å². The summed E-state index contributed by atoms with van der Waals surface area (Å²) >= 11 is 0. The molecule has 22 heavy (non-hydrogen) atoms. The predicted octanol–water partition coefficient (Wildman–Crippen LogP) is 0.528. The SMILES string of the molecule is CN1CCC(CNC(=O)c2cccc3c2C(=O)NC3)CC1=O. The van der Waals surface area contributed by atoms with Crippen LogP contribution in [0.3, 0.4) is 0 Å². The van der Waals surface area contributed by atoms with Crippen molar-refractivity contribution in [3.05, 3.63) is 34.9 Å². The number of benzene rings is 1. The Kier molecular flexibility index (Phi) is 3.83. The highest BCUT2D eigenvalue weighted by molar-refractivity contribution is 6.09. The van der Waals surface area contributed by atoms with Gasteiger partial charge in [-0.2, -0.15) is 0 Å². The van der Waals surface area contributed by atoms with Crippen molar-refractivity contribution < 1.29 is 14.4 Å². The Morgan fingerprint density at radius 3 is 3.00 bits per heavy atom. The van der Waals surface area contributed by atoms with Gasteiger partial charge in [-0.25, -0.2) is 0 Å². The van der Waals surface area contributed by atoms with Crippen LogP contribution in [0.25, 0.3) is 0 Å². The highest BCUT2D eigenvalue weighted by atomic mass is 16.2. The van der Waals surface area contributed by atoms with Crippen molar-refractivity contribution in [1.82, 2.24) is 15.5 Å². The molecule has 6 heteroatoms.